The molecule has 6 heteroatoms. The number of anilines is 1. The van der Waals surface area contributed by atoms with Gasteiger partial charge in [0.1, 0.15) is 0 Å². The van der Waals surface area contributed by atoms with Crippen LogP contribution in [0.1, 0.15) is 10.4 Å². The maximum atomic E-state index is 12.7. The van der Waals surface area contributed by atoms with Gasteiger partial charge in [0, 0.05) is 21.1 Å². The van der Waals surface area contributed by atoms with Crippen molar-refractivity contribution in [2.75, 3.05) is 25.4 Å². The monoisotopic (exact) mass is 318 g/mol. The summed E-state index contributed by atoms with van der Waals surface area (Å²) in [6, 6.07) is 14.8. The fourth-order valence-corrected chi connectivity index (χ4v) is 3.29. The van der Waals surface area contributed by atoms with E-state index in [-0.39, 0.29) is 10.8 Å². The van der Waals surface area contributed by atoms with E-state index in [1.54, 1.807) is 56.6 Å². The highest BCUT2D eigenvalue weighted by Gasteiger charge is 2.25. The van der Waals surface area contributed by atoms with Crippen LogP contribution in [0, 0.1) is 0 Å². The lowest BCUT2D eigenvalue weighted by atomic mass is 10.1. The molecule has 0 aliphatic heterocycles. The lowest BCUT2D eigenvalue weighted by molar-refractivity contribution is 0.0828. The van der Waals surface area contributed by atoms with Crippen molar-refractivity contribution in [3.63, 3.8) is 0 Å². The molecule has 2 aromatic rings. The highest BCUT2D eigenvalue weighted by molar-refractivity contribution is 7.92. The first kappa shape index (κ1) is 16.0. The molecule has 116 valence electrons. The molecule has 0 unspecified atom stereocenters. The maximum absolute atomic E-state index is 12.7. The summed E-state index contributed by atoms with van der Waals surface area (Å²) in [4.78, 5) is 13.8. The second kappa shape index (κ2) is 6.19. The summed E-state index contributed by atoms with van der Waals surface area (Å²) in [6.07, 6.45) is 0. The van der Waals surface area contributed by atoms with Crippen LogP contribution in [-0.4, -0.2) is 40.4 Å². The van der Waals surface area contributed by atoms with Crippen molar-refractivity contribution in [2.24, 2.45) is 0 Å². The lowest BCUT2D eigenvalue weighted by Gasteiger charge is -2.23. The second-order valence-electron chi connectivity index (χ2n) is 5.00. The molecule has 0 aromatic heterocycles. The van der Waals surface area contributed by atoms with Gasteiger partial charge in [0.05, 0.1) is 16.1 Å². The molecule has 0 saturated carbocycles. The molecule has 2 aromatic carbocycles. The molecule has 0 aliphatic rings. The van der Waals surface area contributed by atoms with Crippen molar-refractivity contribution in [1.29, 1.82) is 0 Å². The van der Waals surface area contributed by atoms with Gasteiger partial charge in [0.15, 0.2) is 0 Å². The van der Waals surface area contributed by atoms with Crippen molar-refractivity contribution in [3.05, 3.63) is 60.2 Å². The number of benzene rings is 2. The summed E-state index contributed by atoms with van der Waals surface area (Å²) >= 11 is 0. The van der Waals surface area contributed by atoms with Gasteiger partial charge in [-0.05, 0) is 24.3 Å². The fourth-order valence-electron chi connectivity index (χ4n) is 2.05. The minimum absolute atomic E-state index is 0.185. The first-order chi connectivity index (χ1) is 10.4. The third-order valence-electron chi connectivity index (χ3n) is 3.28. The van der Waals surface area contributed by atoms with E-state index in [1.807, 2.05) is 0 Å². The number of sulfonamides is 1. The molecular formula is C16H18N2O3S. The third kappa shape index (κ3) is 2.96. The van der Waals surface area contributed by atoms with Crippen LogP contribution in [0.2, 0.25) is 0 Å². The number of para-hydroxylation sites is 1. The van der Waals surface area contributed by atoms with Gasteiger partial charge >= 0.3 is 0 Å². The minimum atomic E-state index is -3.71. The zero-order valence-electron chi connectivity index (χ0n) is 12.7. The molecule has 0 aliphatic carbocycles. The molecule has 1 amide bonds. The number of hydrogen-bond donors (Lipinski definition) is 0. The summed E-state index contributed by atoms with van der Waals surface area (Å²) in [7, 11) is 0.997. The summed E-state index contributed by atoms with van der Waals surface area (Å²) in [5.74, 6) is -0.245. The predicted octanol–water partition coefficient (Wildman–Crippen LogP) is 2.21. The van der Waals surface area contributed by atoms with Crippen LogP contribution >= 0.6 is 0 Å². The van der Waals surface area contributed by atoms with Crippen molar-refractivity contribution < 1.29 is 13.2 Å². The second-order valence-corrected chi connectivity index (χ2v) is 6.97. The summed E-state index contributed by atoms with van der Waals surface area (Å²) < 4.78 is 26.5. The molecule has 0 bridgehead atoms. The third-order valence-corrected chi connectivity index (χ3v) is 5.07. The Morgan fingerprint density at radius 2 is 1.41 bits per heavy atom. The van der Waals surface area contributed by atoms with Crippen LogP contribution in [0.4, 0.5) is 5.69 Å². The smallest absolute Gasteiger partial charge is 0.264 e. The largest absolute Gasteiger partial charge is 0.345 e. The molecule has 2 rings (SSSR count). The van der Waals surface area contributed by atoms with Crippen molar-refractivity contribution in [2.45, 2.75) is 4.90 Å². The maximum Gasteiger partial charge on any atom is 0.264 e. The van der Waals surface area contributed by atoms with Gasteiger partial charge in [0.2, 0.25) is 0 Å². The Labute approximate surface area is 130 Å². The number of amides is 1. The molecule has 0 spiro atoms. The van der Waals surface area contributed by atoms with E-state index < -0.39 is 10.0 Å². The van der Waals surface area contributed by atoms with Crippen molar-refractivity contribution in [3.8, 4) is 0 Å². The molecule has 0 atom stereocenters. The number of nitrogens with zero attached hydrogens (tertiary/aromatic N) is 2. The van der Waals surface area contributed by atoms with Gasteiger partial charge in [-0.1, -0.05) is 30.3 Å². The average molecular weight is 318 g/mol. The number of rotatable bonds is 4. The van der Waals surface area contributed by atoms with Gasteiger partial charge < -0.3 is 4.90 Å². The van der Waals surface area contributed by atoms with Crippen molar-refractivity contribution >= 4 is 21.6 Å². The molecular weight excluding hydrogens is 300 g/mol. The van der Waals surface area contributed by atoms with E-state index >= 15 is 0 Å². The van der Waals surface area contributed by atoms with Gasteiger partial charge in [0.25, 0.3) is 15.9 Å². The lowest BCUT2D eigenvalue weighted by Crippen LogP contribution is -2.30. The first-order valence-electron chi connectivity index (χ1n) is 6.70. The van der Waals surface area contributed by atoms with E-state index in [0.29, 0.717) is 11.3 Å². The van der Waals surface area contributed by atoms with Crippen LogP contribution < -0.4 is 4.31 Å². The fraction of sp³-hybridized carbons (Fsp3) is 0.188. The molecule has 5 nitrogen and oxygen atoms in total. The summed E-state index contributed by atoms with van der Waals surface area (Å²) in [6.45, 7) is 0. The van der Waals surface area contributed by atoms with Crippen molar-refractivity contribution in [1.82, 2.24) is 4.90 Å². The Balaban J connectivity index is 2.51. The normalized spacial score (nSPS) is 11.0. The predicted molar refractivity (Wildman–Crippen MR) is 86.5 cm³/mol. The van der Waals surface area contributed by atoms with Gasteiger partial charge in [-0.15, -0.1) is 0 Å². The van der Waals surface area contributed by atoms with Crippen LogP contribution in [0.25, 0.3) is 0 Å². The Hall–Kier alpha value is -2.34. The first-order valence-corrected chi connectivity index (χ1v) is 8.14. The van der Waals surface area contributed by atoms with Gasteiger partial charge in [-0.25, -0.2) is 8.42 Å². The SMILES string of the molecule is CN(C)C(=O)c1ccccc1N(C)S(=O)(=O)c1ccccc1. The van der Waals surface area contributed by atoms with Crippen LogP contribution in [0.5, 0.6) is 0 Å². The minimum Gasteiger partial charge on any atom is -0.345 e. The van der Waals surface area contributed by atoms with E-state index in [2.05, 4.69) is 0 Å². The Morgan fingerprint density at radius 1 is 0.864 bits per heavy atom. The van der Waals surface area contributed by atoms with Crippen LogP contribution in [0.15, 0.2) is 59.5 Å². The topological polar surface area (TPSA) is 57.7 Å². The average Bonchev–Trinajstić information content (AvgIpc) is 2.54. The van der Waals surface area contributed by atoms with E-state index in [0.717, 1.165) is 4.31 Å². The molecule has 0 fully saturated rings. The molecule has 0 radical (unpaired) electrons. The van der Waals surface area contributed by atoms with Crippen LogP contribution in [-0.2, 0) is 10.0 Å². The summed E-state index contributed by atoms with van der Waals surface area (Å²) in [5, 5.41) is 0. The molecule has 0 heterocycles. The summed E-state index contributed by atoms with van der Waals surface area (Å²) in [5.41, 5.74) is 0.694. The molecule has 22 heavy (non-hydrogen) atoms. The molecule has 0 N–H and O–H groups in total. The van der Waals surface area contributed by atoms with E-state index in [4.69, 9.17) is 0 Å². The number of carbonyl (C=O) groups is 1. The zero-order valence-corrected chi connectivity index (χ0v) is 13.5. The number of hydrogen-bond acceptors (Lipinski definition) is 3. The standard InChI is InChI=1S/C16H18N2O3S/c1-17(2)16(19)14-11-7-8-12-15(14)18(3)22(20,21)13-9-5-4-6-10-13/h4-12H,1-3H3. The van der Waals surface area contributed by atoms with E-state index in [9.17, 15) is 13.2 Å². The van der Waals surface area contributed by atoms with Crippen LogP contribution in [0.3, 0.4) is 0 Å². The van der Waals surface area contributed by atoms with Gasteiger partial charge in [-0.2, -0.15) is 0 Å². The highest BCUT2D eigenvalue weighted by atomic mass is 32.2. The van der Waals surface area contributed by atoms with Gasteiger partial charge in [-0.3, -0.25) is 9.10 Å². The zero-order chi connectivity index (χ0) is 16.3. The molecule has 0 saturated heterocycles. The van der Waals surface area contributed by atoms with E-state index in [1.165, 1.54) is 24.1 Å². The highest BCUT2D eigenvalue weighted by Crippen LogP contribution is 2.26. The quantitative estimate of drug-likeness (QED) is 0.868. The number of carbonyl (C=O) groups excluding carboxylic acids is 1. The Bertz CT molecular complexity index is 771. The Kier molecular flexibility index (Phi) is 4.51. The Morgan fingerprint density at radius 3 is 2.00 bits per heavy atom.